The predicted molar refractivity (Wildman–Crippen MR) is 103 cm³/mol. The topological polar surface area (TPSA) is 45.6 Å². The Hall–Kier alpha value is -0.340. The van der Waals surface area contributed by atoms with Crippen LogP contribution in [0, 0.1) is 0 Å². The Morgan fingerprint density at radius 1 is 1.24 bits per heavy atom. The molecule has 122 valence electrons. The second-order valence-corrected chi connectivity index (χ2v) is 5.55. The summed E-state index contributed by atoms with van der Waals surface area (Å²) in [6.07, 6.45) is 3.35. The van der Waals surface area contributed by atoms with Crippen molar-refractivity contribution in [3.05, 3.63) is 22.4 Å². The molecule has 4 nitrogen and oxygen atoms in total. The van der Waals surface area contributed by atoms with Crippen molar-refractivity contribution >= 4 is 41.3 Å². The molecule has 0 radical (unpaired) electrons. The molecule has 1 rings (SSSR count). The van der Waals surface area contributed by atoms with Gasteiger partial charge in [0.05, 0.1) is 6.54 Å². The van der Waals surface area contributed by atoms with E-state index in [1.165, 1.54) is 11.3 Å². The number of hydrogen-bond donors (Lipinski definition) is 2. The molecular formula is C15H28IN3OS. The molecule has 0 spiro atoms. The molecule has 0 atom stereocenters. The minimum Gasteiger partial charge on any atom is -0.381 e. The van der Waals surface area contributed by atoms with Crippen LogP contribution < -0.4 is 10.6 Å². The van der Waals surface area contributed by atoms with Crippen LogP contribution >= 0.6 is 35.3 Å². The van der Waals surface area contributed by atoms with Crippen LogP contribution in [0.1, 0.15) is 38.0 Å². The Balaban J connectivity index is 0.00000400. The van der Waals surface area contributed by atoms with Crippen LogP contribution in [-0.2, 0) is 11.3 Å². The molecule has 1 heterocycles. The summed E-state index contributed by atoms with van der Waals surface area (Å²) in [5, 5.41) is 8.68. The van der Waals surface area contributed by atoms with Crippen LogP contribution in [0.5, 0.6) is 0 Å². The van der Waals surface area contributed by atoms with Gasteiger partial charge in [-0.25, -0.2) is 4.99 Å². The van der Waals surface area contributed by atoms with E-state index < -0.39 is 0 Å². The number of hydrogen-bond acceptors (Lipinski definition) is 3. The molecule has 0 aliphatic heterocycles. The van der Waals surface area contributed by atoms with Crippen LogP contribution in [0.25, 0.3) is 0 Å². The minimum absolute atomic E-state index is 0. The highest BCUT2D eigenvalue weighted by Crippen LogP contribution is 2.09. The quantitative estimate of drug-likeness (QED) is 0.261. The van der Waals surface area contributed by atoms with E-state index in [4.69, 9.17) is 4.74 Å². The van der Waals surface area contributed by atoms with Gasteiger partial charge in [-0.2, -0.15) is 0 Å². The SMILES string of the molecule is CCCCOCCCNC(=NCc1cccs1)NCC.I. The molecule has 0 bridgehead atoms. The number of thiophene rings is 1. The first-order valence-corrected chi connectivity index (χ1v) is 8.37. The van der Waals surface area contributed by atoms with E-state index in [0.717, 1.165) is 51.6 Å². The Bertz CT molecular complexity index is 358. The predicted octanol–water partition coefficient (Wildman–Crippen LogP) is 3.63. The van der Waals surface area contributed by atoms with Gasteiger partial charge in [0, 0.05) is 31.2 Å². The number of ether oxygens (including phenoxy) is 1. The molecule has 0 saturated heterocycles. The van der Waals surface area contributed by atoms with Crippen molar-refractivity contribution in [2.75, 3.05) is 26.3 Å². The highest BCUT2D eigenvalue weighted by atomic mass is 127. The summed E-state index contributed by atoms with van der Waals surface area (Å²) in [6.45, 7) is 8.46. The summed E-state index contributed by atoms with van der Waals surface area (Å²) in [5.74, 6) is 0.884. The molecule has 21 heavy (non-hydrogen) atoms. The molecule has 0 saturated carbocycles. The smallest absolute Gasteiger partial charge is 0.191 e. The molecular weight excluding hydrogens is 397 g/mol. The van der Waals surface area contributed by atoms with Crippen LogP contribution in [0.3, 0.4) is 0 Å². The molecule has 6 heteroatoms. The van der Waals surface area contributed by atoms with Gasteiger partial charge < -0.3 is 15.4 Å². The Morgan fingerprint density at radius 2 is 2.05 bits per heavy atom. The van der Waals surface area contributed by atoms with Gasteiger partial charge in [0.1, 0.15) is 0 Å². The number of unbranched alkanes of at least 4 members (excludes halogenated alkanes) is 1. The third kappa shape index (κ3) is 11.0. The number of halogens is 1. The zero-order valence-electron chi connectivity index (χ0n) is 13.1. The average Bonchev–Trinajstić information content (AvgIpc) is 2.97. The van der Waals surface area contributed by atoms with Crippen molar-refractivity contribution < 1.29 is 4.74 Å². The molecule has 0 aliphatic rings. The second-order valence-electron chi connectivity index (χ2n) is 4.52. The zero-order chi connectivity index (χ0) is 14.5. The zero-order valence-corrected chi connectivity index (χ0v) is 16.2. The van der Waals surface area contributed by atoms with Gasteiger partial charge in [-0.1, -0.05) is 19.4 Å². The summed E-state index contributed by atoms with van der Waals surface area (Å²) in [4.78, 5) is 5.85. The molecule has 0 unspecified atom stereocenters. The standard InChI is InChI=1S/C15H27N3OS.HI/c1-3-5-10-19-11-7-9-17-15(16-4-2)18-13-14-8-6-12-20-14;/h6,8,12H,3-5,7,9-11,13H2,1-2H3,(H2,16,17,18);1H. The molecule has 0 aliphatic carbocycles. The Morgan fingerprint density at radius 3 is 2.71 bits per heavy atom. The first kappa shape index (κ1) is 20.7. The molecule has 0 amide bonds. The van der Waals surface area contributed by atoms with E-state index in [2.05, 4.69) is 47.0 Å². The van der Waals surface area contributed by atoms with E-state index in [1.54, 1.807) is 11.3 Å². The summed E-state index contributed by atoms with van der Waals surface area (Å²) < 4.78 is 5.54. The third-order valence-electron chi connectivity index (χ3n) is 2.72. The van der Waals surface area contributed by atoms with Crippen LogP contribution in [0.2, 0.25) is 0 Å². The summed E-state index contributed by atoms with van der Waals surface area (Å²) in [5.41, 5.74) is 0. The monoisotopic (exact) mass is 425 g/mol. The Labute approximate surface area is 149 Å². The normalized spacial score (nSPS) is 11.0. The minimum atomic E-state index is 0. The first-order valence-electron chi connectivity index (χ1n) is 7.49. The molecule has 0 aromatic carbocycles. The summed E-state index contributed by atoms with van der Waals surface area (Å²) in [6, 6.07) is 4.17. The van der Waals surface area contributed by atoms with E-state index in [1.807, 2.05) is 0 Å². The maximum atomic E-state index is 5.54. The number of nitrogens with zero attached hydrogens (tertiary/aromatic N) is 1. The fourth-order valence-electron chi connectivity index (χ4n) is 1.63. The van der Waals surface area contributed by atoms with Crippen molar-refractivity contribution in [2.45, 2.75) is 39.7 Å². The highest BCUT2D eigenvalue weighted by Gasteiger charge is 1.97. The van der Waals surface area contributed by atoms with Gasteiger partial charge in [-0.05, 0) is 31.2 Å². The van der Waals surface area contributed by atoms with Gasteiger partial charge in [-0.15, -0.1) is 35.3 Å². The van der Waals surface area contributed by atoms with Gasteiger partial charge >= 0.3 is 0 Å². The van der Waals surface area contributed by atoms with Crippen molar-refractivity contribution in [2.24, 2.45) is 4.99 Å². The molecule has 1 aromatic rings. The highest BCUT2D eigenvalue weighted by molar-refractivity contribution is 14.0. The largest absolute Gasteiger partial charge is 0.381 e. The number of nitrogens with one attached hydrogen (secondary N) is 2. The second kappa shape index (κ2) is 14.6. The Kier molecular flexibility index (Phi) is 14.4. The average molecular weight is 425 g/mol. The van der Waals surface area contributed by atoms with Crippen molar-refractivity contribution in [1.29, 1.82) is 0 Å². The van der Waals surface area contributed by atoms with E-state index in [-0.39, 0.29) is 24.0 Å². The lowest BCUT2D eigenvalue weighted by molar-refractivity contribution is 0.129. The van der Waals surface area contributed by atoms with Crippen molar-refractivity contribution in [3.8, 4) is 0 Å². The summed E-state index contributed by atoms with van der Waals surface area (Å²) in [7, 11) is 0. The lowest BCUT2D eigenvalue weighted by Gasteiger charge is -2.11. The lowest BCUT2D eigenvalue weighted by Crippen LogP contribution is -2.38. The van der Waals surface area contributed by atoms with E-state index in [0.29, 0.717) is 0 Å². The number of aliphatic imine (C=N–C) groups is 1. The van der Waals surface area contributed by atoms with Gasteiger partial charge in [0.2, 0.25) is 0 Å². The fourth-order valence-corrected chi connectivity index (χ4v) is 2.26. The lowest BCUT2D eigenvalue weighted by atomic mass is 10.4. The van der Waals surface area contributed by atoms with Gasteiger partial charge in [-0.3, -0.25) is 0 Å². The van der Waals surface area contributed by atoms with Crippen molar-refractivity contribution in [1.82, 2.24) is 10.6 Å². The summed E-state index contributed by atoms with van der Waals surface area (Å²) >= 11 is 1.74. The van der Waals surface area contributed by atoms with Crippen LogP contribution in [0.15, 0.2) is 22.5 Å². The van der Waals surface area contributed by atoms with Crippen molar-refractivity contribution in [3.63, 3.8) is 0 Å². The maximum Gasteiger partial charge on any atom is 0.191 e. The van der Waals surface area contributed by atoms with Crippen LogP contribution in [0.4, 0.5) is 0 Å². The molecule has 0 fully saturated rings. The van der Waals surface area contributed by atoms with Gasteiger partial charge in [0.15, 0.2) is 5.96 Å². The van der Waals surface area contributed by atoms with E-state index in [9.17, 15) is 0 Å². The maximum absolute atomic E-state index is 5.54. The van der Waals surface area contributed by atoms with E-state index >= 15 is 0 Å². The van der Waals surface area contributed by atoms with Gasteiger partial charge in [0.25, 0.3) is 0 Å². The van der Waals surface area contributed by atoms with Crippen LogP contribution in [-0.4, -0.2) is 32.3 Å². The third-order valence-corrected chi connectivity index (χ3v) is 3.58. The fraction of sp³-hybridized carbons (Fsp3) is 0.667. The molecule has 1 aromatic heterocycles. The number of rotatable bonds is 10. The molecule has 2 N–H and O–H groups in total. The number of guanidine groups is 1. The first-order chi connectivity index (χ1) is 9.86.